The van der Waals surface area contributed by atoms with Crippen molar-refractivity contribution in [3.8, 4) is 0 Å². The Labute approximate surface area is 90.3 Å². The van der Waals surface area contributed by atoms with Crippen molar-refractivity contribution in [1.29, 1.82) is 0 Å². The van der Waals surface area contributed by atoms with Crippen molar-refractivity contribution in [3.63, 3.8) is 0 Å². The van der Waals surface area contributed by atoms with Crippen LogP contribution < -0.4 is 0 Å². The number of carbonyl (C=O) groups is 2. The van der Waals surface area contributed by atoms with Gasteiger partial charge >= 0.3 is 12.1 Å². The highest BCUT2D eigenvalue weighted by molar-refractivity contribution is 5.68. The molecule has 0 aliphatic carbocycles. The van der Waals surface area contributed by atoms with E-state index in [-0.39, 0.29) is 0 Å². The smallest absolute Gasteiger partial charge is 0.412 e. The Morgan fingerprint density at radius 2 is 1.73 bits per heavy atom. The molecule has 0 aromatic carbocycles. The van der Waals surface area contributed by atoms with Crippen LogP contribution in [0.1, 0.15) is 27.7 Å². The van der Waals surface area contributed by atoms with Gasteiger partial charge in [0.05, 0.1) is 0 Å². The largest absolute Gasteiger partial charge is 0.426 e. The summed E-state index contributed by atoms with van der Waals surface area (Å²) in [7, 11) is 1.64. The molecule has 1 unspecified atom stereocenters. The molecule has 5 heteroatoms. The van der Waals surface area contributed by atoms with E-state index < -0.39 is 18.4 Å². The van der Waals surface area contributed by atoms with Crippen LogP contribution in [0.4, 0.5) is 4.79 Å². The normalized spacial score (nSPS) is 12.1. The number of rotatable bonds is 4. The van der Waals surface area contributed by atoms with Crippen LogP contribution in [-0.4, -0.2) is 36.8 Å². The average Bonchev–Trinajstić information content (AvgIpc) is 2.00. The van der Waals surface area contributed by atoms with Gasteiger partial charge in [-0.2, -0.15) is 0 Å². The number of amides is 1. The molecule has 0 fully saturated rings. The zero-order chi connectivity index (χ0) is 12.0. The van der Waals surface area contributed by atoms with Crippen molar-refractivity contribution < 1.29 is 19.1 Å². The zero-order valence-corrected chi connectivity index (χ0v) is 9.94. The summed E-state index contributed by atoms with van der Waals surface area (Å²) in [5, 5.41) is 0. The highest BCUT2D eigenvalue weighted by Crippen LogP contribution is 2.02. The van der Waals surface area contributed by atoms with E-state index in [1.165, 1.54) is 18.7 Å². The highest BCUT2D eigenvalue weighted by atomic mass is 16.7. The van der Waals surface area contributed by atoms with Gasteiger partial charge in [0.15, 0.2) is 0 Å². The van der Waals surface area contributed by atoms with E-state index in [4.69, 9.17) is 4.74 Å². The maximum Gasteiger partial charge on any atom is 0.412 e. The third kappa shape index (κ3) is 6.76. The molecule has 0 bridgehead atoms. The molecule has 0 heterocycles. The van der Waals surface area contributed by atoms with E-state index in [1.807, 2.05) is 13.8 Å². The Bertz CT molecular complexity index is 227. The fourth-order valence-electron chi connectivity index (χ4n) is 1.11. The number of ether oxygens (including phenoxy) is 2. The first-order chi connectivity index (χ1) is 6.82. The molecule has 0 spiro atoms. The molecule has 0 saturated heterocycles. The lowest BCUT2D eigenvalue weighted by Gasteiger charge is -2.21. The fraction of sp³-hybridized carbons (Fsp3) is 0.800. The van der Waals surface area contributed by atoms with E-state index in [0.717, 1.165) is 0 Å². The molecular weight excluding hydrogens is 198 g/mol. The van der Waals surface area contributed by atoms with Crippen LogP contribution in [-0.2, 0) is 14.3 Å². The van der Waals surface area contributed by atoms with Crippen molar-refractivity contribution in [3.05, 3.63) is 0 Å². The second kappa shape index (κ2) is 6.27. The summed E-state index contributed by atoms with van der Waals surface area (Å²) in [4.78, 5) is 23.4. The monoisotopic (exact) mass is 217 g/mol. The molecular formula is C10H19NO4. The molecule has 0 aromatic heterocycles. The highest BCUT2D eigenvalue weighted by Gasteiger charge is 2.16. The van der Waals surface area contributed by atoms with E-state index in [9.17, 15) is 9.59 Å². The zero-order valence-electron chi connectivity index (χ0n) is 9.94. The Balaban J connectivity index is 3.95. The van der Waals surface area contributed by atoms with Crippen LogP contribution in [0.15, 0.2) is 0 Å². The van der Waals surface area contributed by atoms with E-state index >= 15 is 0 Å². The summed E-state index contributed by atoms with van der Waals surface area (Å²) in [5.74, 6) is -0.103. The van der Waals surface area contributed by atoms with Gasteiger partial charge < -0.3 is 14.4 Å². The minimum atomic E-state index is -0.843. The Morgan fingerprint density at radius 3 is 2.13 bits per heavy atom. The van der Waals surface area contributed by atoms with Gasteiger partial charge in [-0.05, 0) is 5.92 Å². The van der Waals surface area contributed by atoms with Gasteiger partial charge in [-0.25, -0.2) is 4.79 Å². The second-order valence-corrected chi connectivity index (χ2v) is 3.84. The third-order valence-electron chi connectivity index (χ3n) is 1.55. The van der Waals surface area contributed by atoms with Gasteiger partial charge in [0, 0.05) is 27.4 Å². The first-order valence-electron chi connectivity index (χ1n) is 4.92. The number of esters is 1. The molecule has 0 radical (unpaired) electrons. The molecule has 0 aliphatic heterocycles. The van der Waals surface area contributed by atoms with Crippen LogP contribution in [0.5, 0.6) is 0 Å². The third-order valence-corrected chi connectivity index (χ3v) is 1.55. The summed E-state index contributed by atoms with van der Waals surface area (Å²) in [6, 6.07) is 0. The lowest BCUT2D eigenvalue weighted by atomic mass is 10.2. The van der Waals surface area contributed by atoms with Gasteiger partial charge in [0.1, 0.15) is 0 Å². The van der Waals surface area contributed by atoms with Gasteiger partial charge in [-0.1, -0.05) is 13.8 Å². The van der Waals surface area contributed by atoms with Crippen LogP contribution in [0, 0.1) is 5.92 Å². The SMILES string of the molecule is CC(=O)OC(C)OC(=O)N(C)CC(C)C. The quantitative estimate of drug-likeness (QED) is 0.530. The van der Waals surface area contributed by atoms with Gasteiger partial charge in [0.2, 0.25) is 6.29 Å². The Kier molecular flexibility index (Phi) is 5.74. The van der Waals surface area contributed by atoms with Crippen LogP contribution in [0.25, 0.3) is 0 Å². The standard InChI is InChI=1S/C10H19NO4/c1-7(2)6-11(5)10(13)15-9(4)14-8(3)12/h7,9H,6H2,1-5H3. The molecule has 1 amide bonds. The molecule has 1 atom stereocenters. The molecule has 0 rings (SSSR count). The number of carbonyl (C=O) groups excluding carboxylic acids is 2. The predicted octanol–water partition coefficient (Wildman–Crippen LogP) is 1.62. The van der Waals surface area contributed by atoms with Crippen LogP contribution in [0.2, 0.25) is 0 Å². The molecule has 0 N–H and O–H groups in total. The van der Waals surface area contributed by atoms with E-state index in [0.29, 0.717) is 12.5 Å². The maximum atomic E-state index is 11.4. The fourth-order valence-corrected chi connectivity index (χ4v) is 1.11. The molecule has 0 aromatic rings. The first-order valence-corrected chi connectivity index (χ1v) is 4.92. The molecule has 15 heavy (non-hydrogen) atoms. The second-order valence-electron chi connectivity index (χ2n) is 3.84. The van der Waals surface area contributed by atoms with Crippen molar-refractivity contribution in [2.45, 2.75) is 34.0 Å². The van der Waals surface area contributed by atoms with Crippen molar-refractivity contribution in [2.24, 2.45) is 5.92 Å². The lowest BCUT2D eigenvalue weighted by Crippen LogP contribution is -2.34. The van der Waals surface area contributed by atoms with Crippen molar-refractivity contribution in [2.75, 3.05) is 13.6 Å². The number of nitrogens with zero attached hydrogens (tertiary/aromatic N) is 1. The average molecular weight is 217 g/mol. The predicted molar refractivity (Wildman–Crippen MR) is 55.2 cm³/mol. The van der Waals surface area contributed by atoms with Crippen LogP contribution in [0.3, 0.4) is 0 Å². The number of hydrogen-bond acceptors (Lipinski definition) is 4. The lowest BCUT2D eigenvalue weighted by molar-refractivity contribution is -0.163. The summed E-state index contributed by atoms with van der Waals surface area (Å²) >= 11 is 0. The van der Waals surface area contributed by atoms with Crippen molar-refractivity contribution in [1.82, 2.24) is 4.90 Å². The summed E-state index contributed by atoms with van der Waals surface area (Å²) in [6.07, 6.45) is -1.33. The van der Waals surface area contributed by atoms with Gasteiger partial charge in [-0.15, -0.1) is 0 Å². The van der Waals surface area contributed by atoms with Crippen molar-refractivity contribution >= 4 is 12.1 Å². The Morgan fingerprint density at radius 1 is 1.20 bits per heavy atom. The summed E-state index contributed by atoms with van der Waals surface area (Å²) in [5.41, 5.74) is 0. The molecule has 88 valence electrons. The molecule has 0 saturated carbocycles. The minimum Gasteiger partial charge on any atom is -0.426 e. The first kappa shape index (κ1) is 13.7. The van der Waals surface area contributed by atoms with Gasteiger partial charge in [-0.3, -0.25) is 4.79 Å². The molecule has 0 aliphatic rings. The molecule has 5 nitrogen and oxygen atoms in total. The maximum absolute atomic E-state index is 11.4. The van der Waals surface area contributed by atoms with Crippen LogP contribution >= 0.6 is 0 Å². The van der Waals surface area contributed by atoms with E-state index in [1.54, 1.807) is 7.05 Å². The number of hydrogen-bond donors (Lipinski definition) is 0. The van der Waals surface area contributed by atoms with E-state index in [2.05, 4.69) is 4.74 Å². The summed E-state index contributed by atoms with van der Waals surface area (Å²) in [6.45, 7) is 7.37. The van der Waals surface area contributed by atoms with Gasteiger partial charge in [0.25, 0.3) is 0 Å². The minimum absolute atomic E-state index is 0.367. The Hall–Kier alpha value is -1.26. The topological polar surface area (TPSA) is 55.8 Å². The summed E-state index contributed by atoms with van der Waals surface area (Å²) < 4.78 is 9.54.